The molecular formula is C14H28O. The Balaban J connectivity index is 3.73. The van der Waals surface area contributed by atoms with E-state index in [1.54, 1.807) is 0 Å². The van der Waals surface area contributed by atoms with Crippen LogP contribution in [-0.2, 0) is 4.79 Å². The van der Waals surface area contributed by atoms with Crippen molar-refractivity contribution in [2.45, 2.75) is 72.6 Å². The second kappa shape index (κ2) is 8.94. The number of hydrogen-bond acceptors (Lipinski definition) is 1. The molecule has 0 aliphatic heterocycles. The zero-order valence-corrected chi connectivity index (χ0v) is 11.0. The van der Waals surface area contributed by atoms with Crippen LogP contribution >= 0.6 is 0 Å². The van der Waals surface area contributed by atoms with Crippen LogP contribution in [-0.4, -0.2) is 5.78 Å². The van der Waals surface area contributed by atoms with Crippen LogP contribution < -0.4 is 0 Å². The van der Waals surface area contributed by atoms with Gasteiger partial charge in [0.15, 0.2) is 0 Å². The van der Waals surface area contributed by atoms with E-state index >= 15 is 0 Å². The summed E-state index contributed by atoms with van der Waals surface area (Å²) in [7, 11) is 0. The van der Waals surface area contributed by atoms with Crippen molar-refractivity contribution < 1.29 is 4.79 Å². The number of hydrogen-bond donors (Lipinski definition) is 0. The van der Waals surface area contributed by atoms with Gasteiger partial charge in [0, 0.05) is 12.3 Å². The van der Waals surface area contributed by atoms with Gasteiger partial charge in [-0.1, -0.05) is 47.0 Å². The highest BCUT2D eigenvalue weighted by molar-refractivity contribution is 5.80. The first-order valence-corrected chi connectivity index (χ1v) is 6.64. The van der Waals surface area contributed by atoms with Crippen LogP contribution in [0, 0.1) is 11.8 Å². The van der Waals surface area contributed by atoms with Crippen molar-refractivity contribution in [2.24, 2.45) is 11.8 Å². The molecule has 0 aliphatic rings. The van der Waals surface area contributed by atoms with E-state index in [9.17, 15) is 4.79 Å². The van der Waals surface area contributed by atoms with Gasteiger partial charge in [0.25, 0.3) is 0 Å². The van der Waals surface area contributed by atoms with Gasteiger partial charge in [0.2, 0.25) is 0 Å². The van der Waals surface area contributed by atoms with E-state index in [-0.39, 0.29) is 0 Å². The molecule has 1 nitrogen and oxygen atoms in total. The van der Waals surface area contributed by atoms with Gasteiger partial charge < -0.3 is 0 Å². The summed E-state index contributed by atoms with van der Waals surface area (Å²) in [5.74, 6) is 1.58. The molecule has 15 heavy (non-hydrogen) atoms. The molecule has 1 atom stereocenters. The lowest BCUT2D eigenvalue weighted by Crippen LogP contribution is -2.13. The number of rotatable bonds is 9. The maximum absolute atomic E-state index is 11.9. The fraction of sp³-hybridized carbons (Fsp3) is 0.929. The van der Waals surface area contributed by atoms with E-state index in [4.69, 9.17) is 0 Å². The topological polar surface area (TPSA) is 17.1 Å². The Morgan fingerprint density at radius 1 is 1.07 bits per heavy atom. The lowest BCUT2D eigenvalue weighted by Gasteiger charge is -2.13. The van der Waals surface area contributed by atoms with E-state index in [0.29, 0.717) is 11.7 Å². The van der Waals surface area contributed by atoms with Crippen molar-refractivity contribution in [2.75, 3.05) is 0 Å². The van der Waals surface area contributed by atoms with Gasteiger partial charge in [0.05, 0.1) is 0 Å². The molecule has 0 aromatic carbocycles. The fourth-order valence-electron chi connectivity index (χ4n) is 1.93. The Kier molecular flexibility index (Phi) is 8.74. The molecule has 1 heteroatoms. The van der Waals surface area contributed by atoms with Crippen LogP contribution in [0.2, 0.25) is 0 Å². The SMILES string of the molecule is CCCCC(CC)C(=O)CCCC(C)C. The van der Waals surface area contributed by atoms with E-state index in [1.165, 1.54) is 19.3 Å². The normalized spacial score (nSPS) is 13.1. The summed E-state index contributed by atoms with van der Waals surface area (Å²) >= 11 is 0. The zero-order chi connectivity index (χ0) is 11.7. The monoisotopic (exact) mass is 212 g/mol. The molecule has 0 N–H and O–H groups in total. The molecule has 0 heterocycles. The van der Waals surface area contributed by atoms with Crippen molar-refractivity contribution in [3.8, 4) is 0 Å². The maximum atomic E-state index is 11.9. The number of carbonyl (C=O) groups is 1. The quantitative estimate of drug-likeness (QED) is 0.546. The van der Waals surface area contributed by atoms with Gasteiger partial charge in [-0.05, 0) is 25.2 Å². The van der Waals surface area contributed by atoms with Gasteiger partial charge in [-0.3, -0.25) is 4.79 Å². The lowest BCUT2D eigenvalue weighted by atomic mass is 9.91. The van der Waals surface area contributed by atoms with Crippen LogP contribution in [0.3, 0.4) is 0 Å². The minimum Gasteiger partial charge on any atom is -0.299 e. The van der Waals surface area contributed by atoms with Crippen molar-refractivity contribution in [3.63, 3.8) is 0 Å². The second-order valence-corrected chi connectivity index (χ2v) is 5.00. The van der Waals surface area contributed by atoms with Gasteiger partial charge in [-0.25, -0.2) is 0 Å². The predicted octanol–water partition coefficient (Wildman–Crippen LogP) is 4.60. The maximum Gasteiger partial charge on any atom is 0.135 e. The molecular weight excluding hydrogens is 184 g/mol. The van der Waals surface area contributed by atoms with Gasteiger partial charge >= 0.3 is 0 Å². The summed E-state index contributed by atoms with van der Waals surface area (Å²) < 4.78 is 0. The Bertz CT molecular complexity index is 161. The molecule has 0 fully saturated rings. The summed E-state index contributed by atoms with van der Waals surface area (Å²) in [6.07, 6.45) is 7.62. The summed E-state index contributed by atoms with van der Waals surface area (Å²) in [5, 5.41) is 0. The highest BCUT2D eigenvalue weighted by Gasteiger charge is 2.15. The molecule has 0 rings (SSSR count). The summed E-state index contributed by atoms with van der Waals surface area (Å²) in [6, 6.07) is 0. The number of carbonyl (C=O) groups excluding carboxylic acids is 1. The molecule has 0 amide bonds. The standard InChI is InChI=1S/C14H28O/c1-5-7-10-13(6-2)14(15)11-8-9-12(3)4/h12-13H,5-11H2,1-4H3. The van der Waals surface area contributed by atoms with Gasteiger partial charge in [-0.2, -0.15) is 0 Å². The minimum atomic E-state index is 0.345. The molecule has 1 unspecified atom stereocenters. The molecule has 0 radical (unpaired) electrons. The number of unbranched alkanes of at least 4 members (excludes halogenated alkanes) is 1. The summed E-state index contributed by atoms with van der Waals surface area (Å²) in [6.45, 7) is 8.77. The summed E-state index contributed by atoms with van der Waals surface area (Å²) in [5.41, 5.74) is 0. The van der Waals surface area contributed by atoms with Crippen molar-refractivity contribution in [1.29, 1.82) is 0 Å². The first kappa shape index (κ1) is 14.7. The lowest BCUT2D eigenvalue weighted by molar-refractivity contribution is -0.123. The molecule has 0 aromatic heterocycles. The van der Waals surface area contributed by atoms with Gasteiger partial charge in [-0.15, -0.1) is 0 Å². The number of Topliss-reactive ketones (excluding diaryl/α,β-unsaturated/α-hetero) is 1. The molecule has 0 spiro atoms. The van der Waals surface area contributed by atoms with Crippen LogP contribution in [0.4, 0.5) is 0 Å². The third-order valence-electron chi connectivity index (χ3n) is 3.06. The molecule has 0 bridgehead atoms. The van der Waals surface area contributed by atoms with Crippen molar-refractivity contribution in [3.05, 3.63) is 0 Å². The highest BCUT2D eigenvalue weighted by Crippen LogP contribution is 2.17. The average molecular weight is 212 g/mol. The minimum absolute atomic E-state index is 0.345. The Morgan fingerprint density at radius 3 is 2.20 bits per heavy atom. The van der Waals surface area contributed by atoms with Gasteiger partial charge in [0.1, 0.15) is 5.78 Å². The molecule has 0 saturated heterocycles. The van der Waals surface area contributed by atoms with Crippen LogP contribution in [0.25, 0.3) is 0 Å². The van der Waals surface area contributed by atoms with Crippen LogP contribution in [0.1, 0.15) is 72.6 Å². The molecule has 0 saturated carbocycles. The zero-order valence-electron chi connectivity index (χ0n) is 11.0. The van der Waals surface area contributed by atoms with E-state index < -0.39 is 0 Å². The Labute approximate surface area is 95.6 Å². The molecule has 90 valence electrons. The first-order valence-electron chi connectivity index (χ1n) is 6.64. The van der Waals surface area contributed by atoms with Crippen molar-refractivity contribution >= 4 is 5.78 Å². The number of ketones is 1. The first-order chi connectivity index (χ1) is 7.11. The van der Waals surface area contributed by atoms with E-state index in [0.717, 1.165) is 31.6 Å². The van der Waals surface area contributed by atoms with E-state index in [1.807, 2.05) is 0 Å². The van der Waals surface area contributed by atoms with Crippen LogP contribution in [0.5, 0.6) is 0 Å². The van der Waals surface area contributed by atoms with E-state index in [2.05, 4.69) is 27.7 Å². The van der Waals surface area contributed by atoms with Crippen molar-refractivity contribution in [1.82, 2.24) is 0 Å². The predicted molar refractivity (Wildman–Crippen MR) is 67.0 cm³/mol. The average Bonchev–Trinajstić information content (AvgIpc) is 2.18. The van der Waals surface area contributed by atoms with Crippen LogP contribution in [0.15, 0.2) is 0 Å². The third-order valence-corrected chi connectivity index (χ3v) is 3.06. The fourth-order valence-corrected chi connectivity index (χ4v) is 1.93. The highest BCUT2D eigenvalue weighted by atomic mass is 16.1. The summed E-state index contributed by atoms with van der Waals surface area (Å²) in [4.78, 5) is 11.9. The third kappa shape index (κ3) is 7.58. The Hall–Kier alpha value is -0.330. The molecule has 0 aliphatic carbocycles. The second-order valence-electron chi connectivity index (χ2n) is 5.00. The molecule has 0 aromatic rings. The Morgan fingerprint density at radius 2 is 1.73 bits per heavy atom. The smallest absolute Gasteiger partial charge is 0.135 e. The largest absolute Gasteiger partial charge is 0.299 e.